The molecule has 2 aliphatic rings. The molecular weight excluding hydrogens is 366 g/mol. The van der Waals surface area contributed by atoms with Crippen LogP contribution in [0.25, 0.3) is 0 Å². The van der Waals surface area contributed by atoms with Crippen LogP contribution in [0, 0.1) is 11.8 Å². The van der Waals surface area contributed by atoms with E-state index < -0.39 is 11.0 Å². The molecule has 2 bridgehead atoms. The minimum absolute atomic E-state index is 0.302. The average molecular weight is 396 g/mol. The first-order valence-electron chi connectivity index (χ1n) is 10.2. The van der Waals surface area contributed by atoms with Crippen LogP contribution in [0.4, 0.5) is 0 Å². The third kappa shape index (κ3) is 4.22. The molecule has 4 heteroatoms. The average Bonchev–Trinajstić information content (AvgIpc) is 2.94. The van der Waals surface area contributed by atoms with E-state index in [0.29, 0.717) is 18.4 Å². The molecule has 2 aliphatic carbocycles. The molecule has 0 spiro atoms. The van der Waals surface area contributed by atoms with Gasteiger partial charge < -0.3 is 4.74 Å². The lowest BCUT2D eigenvalue weighted by Crippen LogP contribution is -2.24. The van der Waals surface area contributed by atoms with E-state index in [9.17, 15) is 4.21 Å². The molecule has 4 rings (SSSR count). The van der Waals surface area contributed by atoms with Gasteiger partial charge in [-0.25, -0.2) is 4.21 Å². The van der Waals surface area contributed by atoms with Gasteiger partial charge in [-0.3, -0.25) is 0 Å². The van der Waals surface area contributed by atoms with E-state index in [2.05, 4.69) is 30.3 Å². The van der Waals surface area contributed by atoms with E-state index >= 15 is 0 Å². The molecule has 0 amide bonds. The summed E-state index contributed by atoms with van der Waals surface area (Å²) in [6.45, 7) is 6.58. The molecule has 3 atom stereocenters. The van der Waals surface area contributed by atoms with Crippen LogP contribution in [0.5, 0.6) is 5.75 Å². The molecule has 1 fully saturated rings. The maximum Gasteiger partial charge on any atom is 0.144 e. The maximum atomic E-state index is 12.6. The summed E-state index contributed by atoms with van der Waals surface area (Å²) in [6, 6.07) is 16.8. The summed E-state index contributed by atoms with van der Waals surface area (Å²) in [6.07, 6.45) is 4.30. The first-order chi connectivity index (χ1) is 13.4. The summed E-state index contributed by atoms with van der Waals surface area (Å²) < 4.78 is 23.1. The number of ether oxygens (including phenoxy) is 1. The smallest absolute Gasteiger partial charge is 0.144 e. The number of hydrogen-bond donors (Lipinski definition) is 0. The largest absolute Gasteiger partial charge is 0.489 e. The first-order valence-corrected chi connectivity index (χ1v) is 11.3. The lowest BCUT2D eigenvalue weighted by Gasteiger charge is -2.17. The van der Waals surface area contributed by atoms with E-state index in [1.807, 2.05) is 39.0 Å². The van der Waals surface area contributed by atoms with Crippen LogP contribution in [-0.4, -0.2) is 14.7 Å². The number of nitrogens with zero attached hydrogens (tertiary/aromatic N) is 1. The third-order valence-corrected chi connectivity index (χ3v) is 7.20. The summed E-state index contributed by atoms with van der Waals surface area (Å²) in [7, 11) is -1.17. The molecule has 2 aromatic rings. The number of benzene rings is 2. The Hall–Kier alpha value is -1.94. The highest BCUT2D eigenvalue weighted by molar-refractivity contribution is 7.85. The van der Waals surface area contributed by atoms with Crippen molar-refractivity contribution in [1.82, 2.24) is 0 Å². The molecule has 0 radical (unpaired) electrons. The molecule has 28 heavy (non-hydrogen) atoms. The quantitative estimate of drug-likeness (QED) is 0.705. The van der Waals surface area contributed by atoms with E-state index in [1.165, 1.54) is 22.4 Å². The van der Waals surface area contributed by atoms with E-state index in [4.69, 9.17) is 9.13 Å². The second-order valence-corrected chi connectivity index (χ2v) is 10.9. The molecule has 2 aromatic carbocycles. The topological polar surface area (TPSA) is 38.7 Å². The Labute approximate surface area is 170 Å². The van der Waals surface area contributed by atoms with Crippen LogP contribution in [0.15, 0.2) is 52.9 Å². The van der Waals surface area contributed by atoms with Crippen molar-refractivity contribution in [2.75, 3.05) is 0 Å². The van der Waals surface area contributed by atoms with E-state index in [1.54, 1.807) is 0 Å². The van der Waals surface area contributed by atoms with Gasteiger partial charge in [0.1, 0.15) is 23.3 Å². The normalized spacial score (nSPS) is 23.9. The first kappa shape index (κ1) is 19.4. The van der Waals surface area contributed by atoms with Gasteiger partial charge >= 0.3 is 0 Å². The van der Waals surface area contributed by atoms with Gasteiger partial charge in [0.15, 0.2) is 0 Å². The van der Waals surface area contributed by atoms with Gasteiger partial charge in [-0.05, 0) is 75.3 Å². The summed E-state index contributed by atoms with van der Waals surface area (Å²) in [5.74, 6) is 1.78. The van der Waals surface area contributed by atoms with Gasteiger partial charge in [-0.15, -0.1) is 0 Å². The van der Waals surface area contributed by atoms with Crippen LogP contribution in [0.2, 0.25) is 0 Å². The van der Waals surface area contributed by atoms with Crippen LogP contribution < -0.4 is 4.74 Å². The van der Waals surface area contributed by atoms with Crippen molar-refractivity contribution in [3.05, 3.63) is 65.2 Å². The minimum atomic E-state index is -1.17. The molecule has 1 saturated carbocycles. The van der Waals surface area contributed by atoms with Crippen LogP contribution in [-0.2, 0) is 30.4 Å². The van der Waals surface area contributed by atoms with Crippen LogP contribution in [0.3, 0.4) is 0 Å². The van der Waals surface area contributed by atoms with Crippen molar-refractivity contribution in [3.8, 4) is 5.75 Å². The van der Waals surface area contributed by atoms with Gasteiger partial charge in [0.05, 0.1) is 4.75 Å². The van der Waals surface area contributed by atoms with Gasteiger partial charge in [0.2, 0.25) is 0 Å². The summed E-state index contributed by atoms with van der Waals surface area (Å²) in [5.41, 5.74) is 5.13. The monoisotopic (exact) mass is 395 g/mol. The number of hydrogen-bond acceptors (Lipinski definition) is 2. The molecule has 3 nitrogen and oxygen atoms in total. The standard InChI is InChI=1S/C24H29NO2S/c1-24(2,3)28(26)25-23-19-9-10-20(23)14-21-15-22(12-11-18(21)13-19)27-16-17-7-5-4-6-8-17/h4-8,11-12,15,19-20H,9-10,13-14,16H2,1-3H3/b25-23+. The highest BCUT2D eigenvalue weighted by atomic mass is 32.2. The summed E-state index contributed by atoms with van der Waals surface area (Å²) in [4.78, 5) is 0. The van der Waals surface area contributed by atoms with E-state index in [-0.39, 0.29) is 4.75 Å². The highest BCUT2D eigenvalue weighted by Gasteiger charge is 2.37. The zero-order valence-corrected chi connectivity index (χ0v) is 17.8. The van der Waals surface area contributed by atoms with Crippen molar-refractivity contribution < 1.29 is 8.95 Å². The molecule has 148 valence electrons. The van der Waals surface area contributed by atoms with Gasteiger partial charge in [0, 0.05) is 17.5 Å². The van der Waals surface area contributed by atoms with Crippen LogP contribution >= 0.6 is 0 Å². The number of rotatable bonds is 4. The zero-order valence-electron chi connectivity index (χ0n) is 17.0. The second-order valence-electron chi connectivity index (χ2n) is 8.96. The SMILES string of the molecule is CC(C)(C)S(=O)/N=C1\C2CCC1Cc1cc(OCc3ccccc3)ccc1C2. The Bertz CT molecular complexity index is 899. The predicted molar refractivity (Wildman–Crippen MR) is 116 cm³/mol. The highest BCUT2D eigenvalue weighted by Crippen LogP contribution is 2.39. The summed E-state index contributed by atoms with van der Waals surface area (Å²) >= 11 is 0. The maximum absolute atomic E-state index is 12.6. The van der Waals surface area contributed by atoms with Gasteiger partial charge in [-0.1, -0.05) is 36.4 Å². The van der Waals surface area contributed by atoms with Crippen molar-refractivity contribution in [3.63, 3.8) is 0 Å². The fraction of sp³-hybridized carbons (Fsp3) is 0.458. The molecule has 0 heterocycles. The third-order valence-electron chi connectivity index (χ3n) is 5.77. The predicted octanol–water partition coefficient (Wildman–Crippen LogP) is 5.29. The summed E-state index contributed by atoms with van der Waals surface area (Å²) in [5, 5.41) is 0. The second kappa shape index (κ2) is 7.82. The molecule has 0 N–H and O–H groups in total. The van der Waals surface area contributed by atoms with Crippen molar-refractivity contribution >= 4 is 16.7 Å². The molecule has 0 aromatic heterocycles. The Morgan fingerprint density at radius 3 is 2.36 bits per heavy atom. The Morgan fingerprint density at radius 1 is 1.00 bits per heavy atom. The van der Waals surface area contributed by atoms with Gasteiger partial charge in [-0.2, -0.15) is 4.40 Å². The minimum Gasteiger partial charge on any atom is -0.489 e. The fourth-order valence-corrected chi connectivity index (χ4v) is 4.94. The lowest BCUT2D eigenvalue weighted by atomic mass is 9.93. The molecular formula is C24H29NO2S. The fourth-order valence-electron chi connectivity index (χ4n) is 4.18. The Morgan fingerprint density at radius 2 is 1.68 bits per heavy atom. The van der Waals surface area contributed by atoms with Crippen molar-refractivity contribution in [2.45, 2.75) is 57.8 Å². The molecule has 3 unspecified atom stereocenters. The number of fused-ring (bicyclic) bond motifs is 3. The Balaban J connectivity index is 1.53. The molecule has 0 aliphatic heterocycles. The van der Waals surface area contributed by atoms with Crippen molar-refractivity contribution in [2.24, 2.45) is 16.2 Å². The van der Waals surface area contributed by atoms with Crippen molar-refractivity contribution in [1.29, 1.82) is 0 Å². The van der Waals surface area contributed by atoms with E-state index in [0.717, 1.165) is 31.4 Å². The lowest BCUT2D eigenvalue weighted by molar-refractivity contribution is 0.305. The zero-order chi connectivity index (χ0) is 19.7. The Kier molecular flexibility index (Phi) is 5.42. The van der Waals surface area contributed by atoms with Gasteiger partial charge in [0.25, 0.3) is 0 Å². The van der Waals surface area contributed by atoms with Crippen LogP contribution in [0.1, 0.15) is 50.3 Å². The molecule has 0 saturated heterocycles.